The van der Waals surface area contributed by atoms with Crippen LogP contribution in [0.2, 0.25) is 0 Å². The van der Waals surface area contributed by atoms with Gasteiger partial charge in [-0.15, -0.1) is 0 Å². The van der Waals surface area contributed by atoms with Crippen LogP contribution in [0.1, 0.15) is 43.6 Å². The van der Waals surface area contributed by atoms with Gasteiger partial charge in [-0.25, -0.2) is 32.7 Å². The summed E-state index contributed by atoms with van der Waals surface area (Å²) in [5.41, 5.74) is 0.263. The highest BCUT2D eigenvalue weighted by Crippen LogP contribution is 2.54. The van der Waals surface area contributed by atoms with Crippen LogP contribution in [0.5, 0.6) is 0 Å². The van der Waals surface area contributed by atoms with Crippen LogP contribution in [0.25, 0.3) is 11.3 Å². The van der Waals surface area contributed by atoms with E-state index in [2.05, 4.69) is 25.3 Å². The van der Waals surface area contributed by atoms with E-state index in [9.17, 15) is 30.8 Å². The minimum absolute atomic E-state index is 0.00780. The third kappa shape index (κ3) is 4.99. The number of halogens is 4. The fourth-order valence-electron chi connectivity index (χ4n) is 4.67. The first kappa shape index (κ1) is 25.4. The van der Waals surface area contributed by atoms with Gasteiger partial charge in [-0.2, -0.15) is 17.5 Å². The molecule has 196 valence electrons. The molecule has 5 rings (SSSR count). The Labute approximate surface area is 209 Å². The summed E-state index contributed by atoms with van der Waals surface area (Å²) in [5.74, 6) is -1.76. The van der Waals surface area contributed by atoms with Crippen LogP contribution in [0, 0.1) is 0 Å². The Hall–Kier alpha value is -3.26. The van der Waals surface area contributed by atoms with E-state index in [-0.39, 0.29) is 29.1 Å². The molecule has 2 fully saturated rings. The summed E-state index contributed by atoms with van der Waals surface area (Å²) in [6.07, 6.45) is 3.26. The minimum atomic E-state index is -4.67. The number of rotatable bonds is 6. The molecule has 1 unspecified atom stereocenters. The summed E-state index contributed by atoms with van der Waals surface area (Å²) in [4.78, 5) is 27.9. The van der Waals surface area contributed by atoms with E-state index in [1.807, 2.05) is 0 Å². The fourth-order valence-corrected chi connectivity index (χ4v) is 6.78. The molecule has 1 amide bonds. The van der Waals surface area contributed by atoms with Gasteiger partial charge in [0, 0.05) is 29.9 Å². The fraction of sp³-hybridized carbons (Fsp3) is 0.435. The molecule has 9 nitrogen and oxygen atoms in total. The Morgan fingerprint density at radius 1 is 1.14 bits per heavy atom. The van der Waals surface area contributed by atoms with Gasteiger partial charge in [0.2, 0.25) is 21.8 Å². The quantitative estimate of drug-likeness (QED) is 0.562. The number of amides is 1. The van der Waals surface area contributed by atoms with Gasteiger partial charge in [-0.3, -0.25) is 4.79 Å². The second kappa shape index (κ2) is 9.24. The van der Waals surface area contributed by atoms with Crippen LogP contribution < -0.4 is 5.32 Å². The Morgan fingerprint density at radius 3 is 2.49 bits per heavy atom. The zero-order chi connectivity index (χ0) is 26.4. The molecule has 0 bridgehead atoms. The van der Waals surface area contributed by atoms with E-state index in [4.69, 9.17) is 0 Å². The van der Waals surface area contributed by atoms with Gasteiger partial charge >= 0.3 is 6.18 Å². The average Bonchev–Trinajstić information content (AvgIpc) is 3.53. The van der Waals surface area contributed by atoms with E-state index in [1.54, 1.807) is 0 Å². The molecule has 14 heteroatoms. The van der Waals surface area contributed by atoms with Crippen LogP contribution in [0.4, 0.5) is 17.6 Å². The number of nitrogens with zero attached hydrogens (tertiary/aromatic N) is 5. The zero-order valence-corrected chi connectivity index (χ0v) is 20.1. The van der Waals surface area contributed by atoms with Crippen LogP contribution in [-0.2, 0) is 27.5 Å². The molecule has 2 aliphatic carbocycles. The smallest absolute Gasteiger partial charge is 0.349 e. The topological polar surface area (TPSA) is 118 Å². The Balaban J connectivity index is 1.29. The van der Waals surface area contributed by atoms with Crippen molar-refractivity contribution in [2.75, 3.05) is 0 Å². The van der Waals surface area contributed by atoms with Gasteiger partial charge < -0.3 is 5.32 Å². The Morgan fingerprint density at radius 2 is 1.86 bits per heavy atom. The van der Waals surface area contributed by atoms with Crippen molar-refractivity contribution in [3.05, 3.63) is 59.4 Å². The second-order valence-electron chi connectivity index (χ2n) is 9.20. The van der Waals surface area contributed by atoms with Crippen molar-refractivity contribution < 1.29 is 30.8 Å². The lowest BCUT2D eigenvalue weighted by atomic mass is 10.1. The van der Waals surface area contributed by atoms with Gasteiger partial charge in [0.15, 0.2) is 0 Å². The lowest BCUT2D eigenvalue weighted by Gasteiger charge is -2.29. The number of sulfonamides is 1. The van der Waals surface area contributed by atoms with Crippen molar-refractivity contribution >= 4 is 15.9 Å². The first-order valence-electron chi connectivity index (χ1n) is 11.5. The van der Waals surface area contributed by atoms with Crippen molar-refractivity contribution in [3.63, 3.8) is 0 Å². The summed E-state index contributed by atoms with van der Waals surface area (Å²) in [5, 5.41) is 2.71. The number of aromatic nitrogens is 4. The summed E-state index contributed by atoms with van der Waals surface area (Å²) in [6.45, 7) is -0.0562. The average molecular weight is 539 g/mol. The number of hydrogen-bond acceptors (Lipinski definition) is 7. The molecule has 2 atom stereocenters. The summed E-state index contributed by atoms with van der Waals surface area (Å²) >= 11 is 0. The van der Waals surface area contributed by atoms with Crippen LogP contribution in [0.15, 0.2) is 47.9 Å². The van der Waals surface area contributed by atoms with Crippen molar-refractivity contribution in [2.45, 2.75) is 62.6 Å². The number of allylic oxidation sites excluding steroid dienone is 3. The summed E-state index contributed by atoms with van der Waals surface area (Å²) in [7, 11) is -4.00. The molecule has 1 N–H and O–H groups in total. The molecule has 0 radical (unpaired) electrons. The Bertz CT molecular complexity index is 1370. The van der Waals surface area contributed by atoms with Crippen LogP contribution in [-0.4, -0.2) is 56.3 Å². The maximum atomic E-state index is 13.5. The van der Waals surface area contributed by atoms with Crippen molar-refractivity contribution in [3.8, 4) is 11.3 Å². The first-order chi connectivity index (χ1) is 17.5. The molecule has 1 aliphatic heterocycles. The molecular formula is C23H22F4N6O3S. The second-order valence-corrected chi connectivity index (χ2v) is 11.0. The van der Waals surface area contributed by atoms with E-state index in [0.29, 0.717) is 31.4 Å². The number of carbonyl (C=O) groups excluding carboxylic acids is 1. The van der Waals surface area contributed by atoms with E-state index in [1.165, 1.54) is 34.9 Å². The molecule has 3 aliphatic rings. The van der Waals surface area contributed by atoms with Crippen LogP contribution in [0.3, 0.4) is 0 Å². The third-order valence-electron chi connectivity index (χ3n) is 6.70. The molecule has 1 saturated carbocycles. The molecule has 0 aromatic carbocycles. The summed E-state index contributed by atoms with van der Waals surface area (Å²) in [6, 6.07) is 0.553. The van der Waals surface area contributed by atoms with Crippen molar-refractivity contribution in [2.24, 2.45) is 0 Å². The zero-order valence-electron chi connectivity index (χ0n) is 19.3. The maximum absolute atomic E-state index is 13.5. The maximum Gasteiger partial charge on any atom is 0.451 e. The van der Waals surface area contributed by atoms with E-state index < -0.39 is 45.7 Å². The number of alkyl halides is 4. The summed E-state index contributed by atoms with van der Waals surface area (Å²) < 4.78 is 79.8. The Kier molecular flexibility index (Phi) is 6.34. The highest BCUT2D eigenvalue weighted by atomic mass is 32.2. The number of carbonyl (C=O) groups is 1. The first-order valence-corrected chi connectivity index (χ1v) is 13.0. The molecule has 2 aromatic heterocycles. The number of nitrogens with one attached hydrogen (secondary N) is 1. The van der Waals surface area contributed by atoms with Crippen LogP contribution >= 0.6 is 0 Å². The predicted molar refractivity (Wildman–Crippen MR) is 122 cm³/mol. The molecular weight excluding hydrogens is 516 g/mol. The largest absolute Gasteiger partial charge is 0.451 e. The SMILES string of the molecule is O=C(NCc1cc(-c2cnc(C(F)(F)F)nc2)ncn1)[C@@H]1CCC2(CC2)N1S(=O)(=O)C1=CCC(F)C=C1. The van der Waals surface area contributed by atoms with Gasteiger partial charge in [-0.05, 0) is 43.9 Å². The van der Waals surface area contributed by atoms with Gasteiger partial charge in [0.05, 0.1) is 22.8 Å². The lowest BCUT2D eigenvalue weighted by Crippen LogP contribution is -2.50. The standard InChI is InChI=1S/C23H22F4N6O3S/c24-15-1-3-17(4-2-15)37(35,36)33-19(5-6-22(33)7-8-22)20(34)28-12-16-9-18(32-13-31-16)14-10-29-21(30-11-14)23(25,26)27/h1,3-4,9-11,13,15,19H,2,5-8,12H2,(H,28,34)/t15?,19-/m0/s1. The highest BCUT2D eigenvalue weighted by molar-refractivity contribution is 7.93. The van der Waals surface area contributed by atoms with Crippen molar-refractivity contribution in [1.29, 1.82) is 0 Å². The molecule has 1 saturated heterocycles. The van der Waals surface area contributed by atoms with Crippen molar-refractivity contribution in [1.82, 2.24) is 29.6 Å². The number of hydrogen-bond donors (Lipinski definition) is 1. The predicted octanol–water partition coefficient (Wildman–Crippen LogP) is 3.08. The third-order valence-corrected chi connectivity index (χ3v) is 8.76. The normalized spacial score (nSPS) is 23.2. The lowest BCUT2D eigenvalue weighted by molar-refractivity contribution is -0.145. The van der Waals surface area contributed by atoms with Gasteiger partial charge in [0.1, 0.15) is 18.5 Å². The molecule has 1 spiro atoms. The van der Waals surface area contributed by atoms with E-state index in [0.717, 1.165) is 12.4 Å². The molecule has 2 aromatic rings. The minimum Gasteiger partial charge on any atom is -0.349 e. The molecule has 37 heavy (non-hydrogen) atoms. The van der Waals surface area contributed by atoms with E-state index >= 15 is 0 Å². The van der Waals surface area contributed by atoms with Gasteiger partial charge in [-0.1, -0.05) is 6.08 Å². The van der Waals surface area contributed by atoms with Gasteiger partial charge in [0.25, 0.3) is 0 Å². The monoisotopic (exact) mass is 538 g/mol. The molecule has 3 heterocycles. The highest BCUT2D eigenvalue weighted by Gasteiger charge is 2.61.